The highest BCUT2D eigenvalue weighted by Crippen LogP contribution is 2.20. The molecule has 0 bridgehead atoms. The summed E-state index contributed by atoms with van der Waals surface area (Å²) in [6, 6.07) is 0. The summed E-state index contributed by atoms with van der Waals surface area (Å²) in [5.74, 6) is 1.29. The Morgan fingerprint density at radius 1 is 1.56 bits per heavy atom. The minimum atomic E-state index is 1.16. The van der Waals surface area contributed by atoms with Crippen molar-refractivity contribution in [1.82, 2.24) is 5.32 Å². The molecule has 2 heteroatoms. The van der Waals surface area contributed by atoms with E-state index >= 15 is 0 Å². The summed E-state index contributed by atoms with van der Waals surface area (Å²) < 4.78 is 0. The van der Waals surface area contributed by atoms with E-state index in [9.17, 15) is 0 Å². The van der Waals surface area contributed by atoms with Crippen LogP contribution in [0.5, 0.6) is 0 Å². The van der Waals surface area contributed by atoms with Gasteiger partial charge in [-0.3, -0.25) is 0 Å². The number of thioether (sulfide) groups is 1. The smallest absolute Gasteiger partial charge is 0.0667 e. The predicted molar refractivity (Wildman–Crippen MR) is 43.5 cm³/mol. The van der Waals surface area contributed by atoms with Crippen LogP contribution >= 0.6 is 11.8 Å². The zero-order chi connectivity index (χ0) is 6.69. The van der Waals surface area contributed by atoms with Crippen molar-refractivity contribution < 1.29 is 0 Å². The van der Waals surface area contributed by atoms with Crippen LogP contribution in [0.1, 0.15) is 20.3 Å². The predicted octanol–water partition coefficient (Wildman–Crippen LogP) is 1.96. The molecule has 0 saturated carbocycles. The highest BCUT2D eigenvalue weighted by atomic mass is 32.2. The summed E-state index contributed by atoms with van der Waals surface area (Å²) >= 11 is 1.94. The Labute approximate surface area is 60.9 Å². The highest BCUT2D eigenvalue weighted by Gasteiger charge is 2.04. The van der Waals surface area contributed by atoms with Crippen LogP contribution in [0.25, 0.3) is 0 Å². The van der Waals surface area contributed by atoms with Gasteiger partial charge in [0.25, 0.3) is 0 Å². The molecule has 1 aliphatic rings. The van der Waals surface area contributed by atoms with E-state index in [1.807, 2.05) is 11.8 Å². The lowest BCUT2D eigenvalue weighted by Gasteiger charge is -2.17. The Kier molecular flexibility index (Phi) is 2.46. The van der Waals surface area contributed by atoms with E-state index < -0.39 is 0 Å². The fourth-order valence-corrected chi connectivity index (χ4v) is 1.81. The maximum Gasteiger partial charge on any atom is 0.0667 e. The SMILES string of the molecule is CC(C)=C1NCCCS1. The van der Waals surface area contributed by atoms with Gasteiger partial charge in [-0.2, -0.15) is 0 Å². The zero-order valence-corrected chi connectivity index (χ0v) is 6.85. The first-order valence-corrected chi connectivity index (χ1v) is 4.33. The van der Waals surface area contributed by atoms with E-state index in [4.69, 9.17) is 0 Å². The molecule has 0 aliphatic carbocycles. The third kappa shape index (κ3) is 1.94. The third-order valence-corrected chi connectivity index (χ3v) is 2.64. The van der Waals surface area contributed by atoms with Gasteiger partial charge in [0, 0.05) is 12.3 Å². The summed E-state index contributed by atoms with van der Waals surface area (Å²) in [6.45, 7) is 5.47. The summed E-state index contributed by atoms with van der Waals surface area (Å²) in [7, 11) is 0. The van der Waals surface area contributed by atoms with Gasteiger partial charge < -0.3 is 5.32 Å². The van der Waals surface area contributed by atoms with Gasteiger partial charge in [-0.25, -0.2) is 0 Å². The number of hydrogen-bond donors (Lipinski definition) is 1. The van der Waals surface area contributed by atoms with Crippen molar-refractivity contribution in [2.45, 2.75) is 20.3 Å². The first kappa shape index (κ1) is 7.00. The van der Waals surface area contributed by atoms with Gasteiger partial charge >= 0.3 is 0 Å². The van der Waals surface area contributed by atoms with Crippen molar-refractivity contribution in [3.63, 3.8) is 0 Å². The van der Waals surface area contributed by atoms with Crippen molar-refractivity contribution in [2.24, 2.45) is 0 Å². The average molecular weight is 143 g/mol. The Balaban J connectivity index is 2.49. The summed E-state index contributed by atoms with van der Waals surface area (Å²) in [5.41, 5.74) is 1.42. The second-order valence-electron chi connectivity index (χ2n) is 2.46. The van der Waals surface area contributed by atoms with Crippen LogP contribution in [-0.2, 0) is 0 Å². The van der Waals surface area contributed by atoms with E-state index in [2.05, 4.69) is 19.2 Å². The molecule has 1 N–H and O–H groups in total. The monoisotopic (exact) mass is 143 g/mol. The van der Waals surface area contributed by atoms with Crippen LogP contribution in [0, 0.1) is 0 Å². The molecule has 0 aromatic heterocycles. The maximum absolute atomic E-state index is 3.36. The number of hydrogen-bond acceptors (Lipinski definition) is 2. The number of nitrogens with one attached hydrogen (secondary N) is 1. The molecular weight excluding hydrogens is 130 g/mol. The molecule has 1 fully saturated rings. The standard InChI is InChI=1S/C7H13NS/c1-6(2)7-8-4-3-5-9-7/h8H,3-5H2,1-2H3. The molecule has 0 unspecified atom stereocenters. The van der Waals surface area contributed by atoms with Gasteiger partial charge in [-0.05, 0) is 25.8 Å². The van der Waals surface area contributed by atoms with Crippen molar-refractivity contribution >= 4 is 11.8 Å². The van der Waals surface area contributed by atoms with Gasteiger partial charge in [0.1, 0.15) is 0 Å². The topological polar surface area (TPSA) is 12.0 Å². The maximum atomic E-state index is 3.36. The third-order valence-electron chi connectivity index (χ3n) is 1.31. The quantitative estimate of drug-likeness (QED) is 0.556. The Morgan fingerprint density at radius 3 is 2.67 bits per heavy atom. The van der Waals surface area contributed by atoms with Crippen LogP contribution in [0.4, 0.5) is 0 Å². The minimum Gasteiger partial charge on any atom is -0.380 e. The molecule has 0 spiro atoms. The van der Waals surface area contributed by atoms with Crippen LogP contribution < -0.4 is 5.32 Å². The fourth-order valence-electron chi connectivity index (χ4n) is 0.820. The van der Waals surface area contributed by atoms with Gasteiger partial charge in [-0.15, -0.1) is 11.8 Å². The average Bonchev–Trinajstić information content (AvgIpc) is 1.90. The van der Waals surface area contributed by atoms with Crippen molar-refractivity contribution in [1.29, 1.82) is 0 Å². The van der Waals surface area contributed by atoms with Crippen LogP contribution in [0.3, 0.4) is 0 Å². The molecule has 0 atom stereocenters. The van der Waals surface area contributed by atoms with E-state index in [-0.39, 0.29) is 0 Å². The van der Waals surface area contributed by atoms with Gasteiger partial charge in [0.05, 0.1) is 5.03 Å². The fraction of sp³-hybridized carbons (Fsp3) is 0.714. The van der Waals surface area contributed by atoms with Crippen LogP contribution in [0.2, 0.25) is 0 Å². The molecule has 0 radical (unpaired) electrons. The first-order valence-electron chi connectivity index (χ1n) is 3.35. The second kappa shape index (κ2) is 3.16. The van der Waals surface area contributed by atoms with E-state index in [1.165, 1.54) is 22.8 Å². The number of allylic oxidation sites excluding steroid dienone is 1. The van der Waals surface area contributed by atoms with Crippen molar-refractivity contribution in [3.8, 4) is 0 Å². The molecule has 9 heavy (non-hydrogen) atoms. The second-order valence-corrected chi connectivity index (χ2v) is 3.56. The molecule has 0 amide bonds. The van der Waals surface area contributed by atoms with Crippen LogP contribution in [-0.4, -0.2) is 12.3 Å². The van der Waals surface area contributed by atoms with E-state index in [0.29, 0.717) is 0 Å². The summed E-state index contributed by atoms with van der Waals surface area (Å²) in [6.07, 6.45) is 1.31. The minimum absolute atomic E-state index is 1.16. The summed E-state index contributed by atoms with van der Waals surface area (Å²) in [4.78, 5) is 0. The molecule has 1 rings (SSSR count). The molecule has 1 heterocycles. The molecule has 0 aromatic carbocycles. The van der Waals surface area contributed by atoms with Gasteiger partial charge in [0.15, 0.2) is 0 Å². The van der Waals surface area contributed by atoms with E-state index in [0.717, 1.165) is 6.54 Å². The molecule has 1 aliphatic heterocycles. The lowest BCUT2D eigenvalue weighted by atomic mass is 10.4. The highest BCUT2D eigenvalue weighted by molar-refractivity contribution is 8.03. The molecule has 52 valence electrons. The summed E-state index contributed by atoms with van der Waals surface area (Å²) in [5, 5.41) is 4.75. The van der Waals surface area contributed by atoms with Crippen molar-refractivity contribution in [2.75, 3.05) is 12.3 Å². The molecule has 1 nitrogen and oxygen atoms in total. The molecular formula is C7H13NS. The first-order chi connectivity index (χ1) is 4.30. The number of rotatable bonds is 0. The normalized spacial score (nSPS) is 19.1. The van der Waals surface area contributed by atoms with Crippen molar-refractivity contribution in [3.05, 3.63) is 10.6 Å². The zero-order valence-electron chi connectivity index (χ0n) is 6.03. The Bertz CT molecular complexity index is 117. The lowest BCUT2D eigenvalue weighted by molar-refractivity contribution is 0.781. The van der Waals surface area contributed by atoms with Gasteiger partial charge in [0.2, 0.25) is 0 Å². The lowest BCUT2D eigenvalue weighted by Crippen LogP contribution is -2.19. The molecule has 0 aromatic rings. The Hall–Kier alpha value is -0.110. The van der Waals surface area contributed by atoms with Crippen LogP contribution in [0.15, 0.2) is 10.6 Å². The van der Waals surface area contributed by atoms with Gasteiger partial charge in [-0.1, -0.05) is 0 Å². The van der Waals surface area contributed by atoms with E-state index in [1.54, 1.807) is 0 Å². The largest absolute Gasteiger partial charge is 0.380 e. The molecule has 1 saturated heterocycles. The Morgan fingerprint density at radius 2 is 2.33 bits per heavy atom.